The van der Waals surface area contributed by atoms with E-state index in [1.54, 1.807) is 11.3 Å². The lowest BCUT2D eigenvalue weighted by atomic mass is 10.2. The molecule has 7 heteroatoms. The predicted molar refractivity (Wildman–Crippen MR) is 123 cm³/mol. The van der Waals surface area contributed by atoms with E-state index in [9.17, 15) is 0 Å². The van der Waals surface area contributed by atoms with Crippen LogP contribution in [0.3, 0.4) is 0 Å². The van der Waals surface area contributed by atoms with Crippen LogP contribution in [0.4, 0.5) is 5.69 Å². The lowest BCUT2D eigenvalue weighted by Crippen LogP contribution is -2.44. The van der Waals surface area contributed by atoms with E-state index >= 15 is 0 Å². The summed E-state index contributed by atoms with van der Waals surface area (Å²) in [5.74, 6) is 1.52. The minimum Gasteiger partial charge on any atom is -0.490 e. The van der Waals surface area contributed by atoms with Gasteiger partial charge < -0.3 is 19.3 Å². The van der Waals surface area contributed by atoms with Gasteiger partial charge in [0.05, 0.1) is 18.9 Å². The molecular weight excluding hydrogens is 396 g/mol. The molecule has 0 saturated carbocycles. The number of rotatable bonds is 7. The second kappa shape index (κ2) is 9.45. The first-order valence-electron chi connectivity index (χ1n) is 10.4. The Morgan fingerprint density at radius 1 is 0.933 bits per heavy atom. The van der Waals surface area contributed by atoms with Gasteiger partial charge in [-0.25, -0.2) is 4.98 Å². The summed E-state index contributed by atoms with van der Waals surface area (Å²) < 4.78 is 11.4. The van der Waals surface area contributed by atoms with Crippen molar-refractivity contribution >= 4 is 17.0 Å². The van der Waals surface area contributed by atoms with Crippen molar-refractivity contribution in [1.29, 1.82) is 0 Å². The summed E-state index contributed by atoms with van der Waals surface area (Å²) in [7, 11) is 2.17. The number of benzene rings is 1. The number of likely N-dealkylation sites (N-methyl/N-ethyl adjacent to an activating group) is 1. The fraction of sp³-hybridized carbons (Fsp3) is 0.391. The maximum atomic E-state index is 5.76. The van der Waals surface area contributed by atoms with E-state index in [4.69, 9.17) is 14.5 Å². The molecule has 1 fully saturated rings. The largest absolute Gasteiger partial charge is 0.490 e. The fourth-order valence-electron chi connectivity index (χ4n) is 3.53. The molecule has 158 valence electrons. The number of nitrogens with zero attached hydrogens (tertiary/aromatic N) is 4. The van der Waals surface area contributed by atoms with Gasteiger partial charge in [-0.2, -0.15) is 0 Å². The zero-order valence-corrected chi connectivity index (χ0v) is 18.6. The molecule has 2 aromatic heterocycles. The van der Waals surface area contributed by atoms with Gasteiger partial charge in [0.2, 0.25) is 0 Å². The van der Waals surface area contributed by atoms with Crippen LogP contribution in [0.15, 0.2) is 41.9 Å². The van der Waals surface area contributed by atoms with Gasteiger partial charge >= 0.3 is 0 Å². The van der Waals surface area contributed by atoms with E-state index in [1.165, 1.54) is 5.69 Å². The minimum atomic E-state index is 0.593. The van der Waals surface area contributed by atoms with E-state index in [-0.39, 0.29) is 0 Å². The molecule has 0 bridgehead atoms. The fourth-order valence-corrected chi connectivity index (χ4v) is 4.34. The van der Waals surface area contributed by atoms with Gasteiger partial charge in [0.15, 0.2) is 11.5 Å². The number of aromatic nitrogens is 2. The van der Waals surface area contributed by atoms with Gasteiger partial charge in [-0.05, 0) is 51.2 Å². The highest BCUT2D eigenvalue weighted by atomic mass is 32.1. The highest BCUT2D eigenvalue weighted by Gasteiger charge is 2.16. The highest BCUT2D eigenvalue weighted by molar-refractivity contribution is 7.13. The molecule has 0 spiro atoms. The van der Waals surface area contributed by atoms with Gasteiger partial charge in [-0.1, -0.05) is 0 Å². The lowest BCUT2D eigenvalue weighted by Gasteiger charge is -2.34. The van der Waals surface area contributed by atoms with Gasteiger partial charge in [0.25, 0.3) is 0 Å². The summed E-state index contributed by atoms with van der Waals surface area (Å²) in [5, 5.41) is 3.02. The van der Waals surface area contributed by atoms with Gasteiger partial charge in [-0.3, -0.25) is 4.98 Å². The third-order valence-electron chi connectivity index (χ3n) is 5.17. The van der Waals surface area contributed by atoms with E-state index in [0.29, 0.717) is 13.2 Å². The monoisotopic (exact) mass is 424 g/mol. The normalized spacial score (nSPS) is 14.7. The molecule has 1 aromatic carbocycles. The molecule has 1 aliphatic rings. The van der Waals surface area contributed by atoms with Crippen molar-refractivity contribution in [2.45, 2.75) is 13.8 Å². The van der Waals surface area contributed by atoms with E-state index in [1.807, 2.05) is 38.2 Å². The molecule has 3 aromatic rings. The number of hydrogen-bond acceptors (Lipinski definition) is 7. The zero-order valence-electron chi connectivity index (χ0n) is 17.8. The molecule has 0 aliphatic carbocycles. The Labute approximate surface area is 182 Å². The molecule has 1 aliphatic heterocycles. The maximum Gasteiger partial charge on any atom is 0.161 e. The van der Waals surface area contributed by atoms with Crippen LogP contribution in [-0.2, 0) is 0 Å². The maximum absolute atomic E-state index is 5.76. The standard InChI is InChI=1S/C23H28N4O2S/c1-4-28-21-7-6-17(14-22(21)29-5-2)23-25-20(16-30-23)19-15-18(8-9-24-19)27-12-10-26(3)11-13-27/h6-9,14-16H,4-5,10-13H2,1-3H3. The molecule has 0 N–H and O–H groups in total. The summed E-state index contributed by atoms with van der Waals surface area (Å²) in [6.45, 7) is 9.38. The Hall–Kier alpha value is -2.64. The number of thiazole rings is 1. The van der Waals surface area contributed by atoms with Crippen molar-refractivity contribution in [3.8, 4) is 33.5 Å². The van der Waals surface area contributed by atoms with Crippen LogP contribution in [0, 0.1) is 0 Å². The zero-order chi connectivity index (χ0) is 20.9. The predicted octanol–water partition coefficient (Wildman–Crippen LogP) is 4.42. The summed E-state index contributed by atoms with van der Waals surface area (Å²) >= 11 is 1.62. The number of piperazine rings is 1. The van der Waals surface area contributed by atoms with Crippen LogP contribution in [0.1, 0.15) is 13.8 Å². The molecular formula is C23H28N4O2S. The SMILES string of the molecule is CCOc1ccc(-c2nc(-c3cc(N4CCN(C)CC4)ccn3)cs2)cc1OCC. The first-order valence-corrected chi connectivity index (χ1v) is 11.3. The van der Waals surface area contributed by atoms with Gasteiger partial charge in [0, 0.05) is 49.0 Å². The molecule has 3 heterocycles. The molecule has 6 nitrogen and oxygen atoms in total. The second-order valence-electron chi connectivity index (χ2n) is 7.26. The Kier molecular flexibility index (Phi) is 6.50. The van der Waals surface area contributed by atoms with E-state index < -0.39 is 0 Å². The Morgan fingerprint density at radius 3 is 2.47 bits per heavy atom. The van der Waals surface area contributed by atoms with Crippen molar-refractivity contribution in [1.82, 2.24) is 14.9 Å². The van der Waals surface area contributed by atoms with E-state index in [0.717, 1.165) is 59.6 Å². The van der Waals surface area contributed by atoms with Crippen LogP contribution >= 0.6 is 11.3 Å². The Morgan fingerprint density at radius 2 is 1.70 bits per heavy atom. The van der Waals surface area contributed by atoms with Gasteiger partial charge in [-0.15, -0.1) is 11.3 Å². The van der Waals surface area contributed by atoms with Crippen molar-refractivity contribution in [3.63, 3.8) is 0 Å². The lowest BCUT2D eigenvalue weighted by molar-refractivity contribution is 0.288. The van der Waals surface area contributed by atoms with Crippen molar-refractivity contribution in [2.24, 2.45) is 0 Å². The molecule has 30 heavy (non-hydrogen) atoms. The first-order chi connectivity index (χ1) is 14.7. The highest BCUT2D eigenvalue weighted by Crippen LogP contribution is 2.35. The van der Waals surface area contributed by atoms with Crippen LogP contribution < -0.4 is 14.4 Å². The summed E-state index contributed by atoms with van der Waals surface area (Å²) in [6, 6.07) is 10.2. The quantitative estimate of drug-likeness (QED) is 0.560. The smallest absolute Gasteiger partial charge is 0.161 e. The minimum absolute atomic E-state index is 0.593. The summed E-state index contributed by atoms with van der Waals surface area (Å²) in [6.07, 6.45) is 1.88. The molecule has 0 radical (unpaired) electrons. The van der Waals surface area contributed by atoms with Crippen LogP contribution in [0.25, 0.3) is 22.0 Å². The molecule has 1 saturated heterocycles. The number of pyridine rings is 1. The average molecular weight is 425 g/mol. The molecule has 0 atom stereocenters. The molecule has 0 unspecified atom stereocenters. The van der Waals surface area contributed by atoms with Crippen molar-refractivity contribution in [3.05, 3.63) is 41.9 Å². The summed E-state index contributed by atoms with van der Waals surface area (Å²) in [4.78, 5) is 14.2. The Bertz CT molecular complexity index is 983. The second-order valence-corrected chi connectivity index (χ2v) is 8.11. The average Bonchev–Trinajstić information content (AvgIpc) is 3.26. The van der Waals surface area contributed by atoms with Gasteiger partial charge in [0.1, 0.15) is 10.7 Å². The third kappa shape index (κ3) is 4.57. The number of ether oxygens (including phenoxy) is 2. The topological polar surface area (TPSA) is 50.7 Å². The van der Waals surface area contributed by atoms with Crippen LogP contribution in [0.2, 0.25) is 0 Å². The number of anilines is 1. The first kappa shape index (κ1) is 20.6. The van der Waals surface area contributed by atoms with Crippen molar-refractivity contribution < 1.29 is 9.47 Å². The van der Waals surface area contributed by atoms with E-state index in [2.05, 4.69) is 39.3 Å². The number of hydrogen-bond donors (Lipinski definition) is 0. The molecule has 0 amide bonds. The van der Waals surface area contributed by atoms with Crippen LogP contribution in [-0.4, -0.2) is 61.3 Å². The summed E-state index contributed by atoms with van der Waals surface area (Å²) in [5.41, 5.74) is 4.04. The molecule has 4 rings (SSSR count). The Balaban J connectivity index is 1.57. The van der Waals surface area contributed by atoms with Crippen molar-refractivity contribution in [2.75, 3.05) is 51.3 Å². The third-order valence-corrected chi connectivity index (χ3v) is 6.06. The van der Waals surface area contributed by atoms with Crippen LogP contribution in [0.5, 0.6) is 11.5 Å².